The van der Waals surface area contributed by atoms with E-state index in [9.17, 15) is 4.79 Å². The Morgan fingerprint density at radius 2 is 1.81 bits per heavy atom. The topological polar surface area (TPSA) is 57.8 Å². The molecule has 0 saturated heterocycles. The van der Waals surface area contributed by atoms with Gasteiger partial charge in [-0.3, -0.25) is 9.78 Å². The van der Waals surface area contributed by atoms with Crippen molar-refractivity contribution in [3.63, 3.8) is 0 Å². The van der Waals surface area contributed by atoms with Crippen LogP contribution >= 0.6 is 11.6 Å². The number of para-hydroxylation sites is 1. The van der Waals surface area contributed by atoms with E-state index in [4.69, 9.17) is 11.6 Å². The Hall–Kier alpha value is -2.59. The maximum Gasteiger partial charge on any atom is 0.252 e. The summed E-state index contributed by atoms with van der Waals surface area (Å²) < 4.78 is 0. The number of halogens is 1. The standard InChI is InChI=1S/C16H12ClN3O/c17-12-6-4-5-11(9-12)14-10-15(21)20-16(19-14)18-13-7-2-1-3-8-13/h1-10H,(H2,18,19,20,21). The number of H-pyrrole nitrogens is 1. The van der Waals surface area contributed by atoms with Crippen molar-refractivity contribution in [2.45, 2.75) is 0 Å². The van der Waals surface area contributed by atoms with Crippen LogP contribution in [0.4, 0.5) is 11.6 Å². The minimum atomic E-state index is -0.224. The molecule has 3 aromatic rings. The lowest BCUT2D eigenvalue weighted by Gasteiger charge is -2.07. The first-order valence-corrected chi connectivity index (χ1v) is 6.78. The van der Waals surface area contributed by atoms with Crippen molar-refractivity contribution in [1.82, 2.24) is 9.97 Å². The molecule has 2 N–H and O–H groups in total. The minimum absolute atomic E-state index is 0.224. The third-order valence-electron chi connectivity index (χ3n) is 2.90. The van der Waals surface area contributed by atoms with Gasteiger partial charge in [-0.05, 0) is 24.3 Å². The predicted octanol–water partition coefficient (Wildman–Crippen LogP) is 3.83. The summed E-state index contributed by atoms with van der Waals surface area (Å²) in [5.41, 5.74) is 1.99. The third kappa shape index (κ3) is 3.30. The van der Waals surface area contributed by atoms with Crippen molar-refractivity contribution >= 4 is 23.2 Å². The molecule has 1 aromatic heterocycles. The Balaban J connectivity index is 1.99. The number of anilines is 2. The van der Waals surface area contributed by atoms with E-state index in [0.717, 1.165) is 11.3 Å². The zero-order chi connectivity index (χ0) is 14.7. The second kappa shape index (κ2) is 5.81. The Morgan fingerprint density at radius 3 is 2.57 bits per heavy atom. The molecule has 2 aromatic carbocycles. The van der Waals surface area contributed by atoms with Crippen LogP contribution in [0.15, 0.2) is 65.5 Å². The molecule has 0 amide bonds. The number of aromatic nitrogens is 2. The van der Waals surface area contributed by atoms with Crippen LogP contribution in [0, 0.1) is 0 Å². The second-order valence-electron chi connectivity index (χ2n) is 4.48. The molecular weight excluding hydrogens is 286 g/mol. The summed E-state index contributed by atoms with van der Waals surface area (Å²) in [4.78, 5) is 18.9. The first-order valence-electron chi connectivity index (χ1n) is 6.40. The van der Waals surface area contributed by atoms with Gasteiger partial charge in [0.2, 0.25) is 5.95 Å². The van der Waals surface area contributed by atoms with E-state index in [1.165, 1.54) is 6.07 Å². The summed E-state index contributed by atoms with van der Waals surface area (Å²) in [5.74, 6) is 0.392. The highest BCUT2D eigenvalue weighted by Crippen LogP contribution is 2.21. The molecule has 0 saturated carbocycles. The van der Waals surface area contributed by atoms with Crippen LogP contribution < -0.4 is 10.9 Å². The van der Waals surface area contributed by atoms with E-state index in [1.807, 2.05) is 42.5 Å². The van der Waals surface area contributed by atoms with Crippen LogP contribution in [0.25, 0.3) is 11.3 Å². The highest BCUT2D eigenvalue weighted by molar-refractivity contribution is 6.30. The lowest BCUT2D eigenvalue weighted by Crippen LogP contribution is -2.10. The van der Waals surface area contributed by atoms with Gasteiger partial charge >= 0.3 is 0 Å². The SMILES string of the molecule is O=c1cc(-c2cccc(Cl)c2)nc(Nc2ccccc2)[nH]1. The van der Waals surface area contributed by atoms with E-state index < -0.39 is 0 Å². The second-order valence-corrected chi connectivity index (χ2v) is 4.92. The molecular formula is C16H12ClN3O. The van der Waals surface area contributed by atoms with Gasteiger partial charge in [0.15, 0.2) is 0 Å². The zero-order valence-electron chi connectivity index (χ0n) is 11.0. The third-order valence-corrected chi connectivity index (χ3v) is 3.13. The smallest absolute Gasteiger partial charge is 0.252 e. The van der Waals surface area contributed by atoms with Gasteiger partial charge in [-0.2, -0.15) is 0 Å². The largest absolute Gasteiger partial charge is 0.326 e. The summed E-state index contributed by atoms with van der Waals surface area (Å²) in [5, 5.41) is 3.67. The van der Waals surface area contributed by atoms with E-state index in [1.54, 1.807) is 12.1 Å². The van der Waals surface area contributed by atoms with Crippen LogP contribution in [0.3, 0.4) is 0 Å². The normalized spacial score (nSPS) is 10.3. The molecule has 0 radical (unpaired) electrons. The lowest BCUT2D eigenvalue weighted by atomic mass is 10.1. The van der Waals surface area contributed by atoms with Crippen molar-refractivity contribution < 1.29 is 0 Å². The van der Waals surface area contributed by atoms with Gasteiger partial charge in [0.05, 0.1) is 5.69 Å². The Morgan fingerprint density at radius 1 is 1.00 bits per heavy atom. The van der Waals surface area contributed by atoms with Crippen molar-refractivity contribution in [3.05, 3.63) is 76.0 Å². The predicted molar refractivity (Wildman–Crippen MR) is 85.0 cm³/mol. The molecule has 0 unspecified atom stereocenters. The summed E-state index contributed by atoms with van der Waals surface area (Å²) in [6, 6.07) is 18.2. The Bertz CT molecular complexity index is 815. The minimum Gasteiger partial charge on any atom is -0.326 e. The fraction of sp³-hybridized carbons (Fsp3) is 0. The van der Waals surface area contributed by atoms with E-state index in [2.05, 4.69) is 15.3 Å². The number of rotatable bonds is 3. The number of hydrogen-bond acceptors (Lipinski definition) is 3. The number of nitrogens with one attached hydrogen (secondary N) is 2. The fourth-order valence-electron chi connectivity index (χ4n) is 1.97. The molecule has 0 aliphatic heterocycles. The molecule has 0 spiro atoms. The molecule has 104 valence electrons. The maximum absolute atomic E-state index is 11.8. The van der Waals surface area contributed by atoms with E-state index >= 15 is 0 Å². The van der Waals surface area contributed by atoms with Crippen molar-refractivity contribution in [2.75, 3.05) is 5.32 Å². The molecule has 5 heteroatoms. The molecule has 4 nitrogen and oxygen atoms in total. The number of nitrogens with zero attached hydrogens (tertiary/aromatic N) is 1. The summed E-state index contributed by atoms with van der Waals surface area (Å²) >= 11 is 5.97. The highest BCUT2D eigenvalue weighted by Gasteiger charge is 2.05. The Labute approximate surface area is 126 Å². The van der Waals surface area contributed by atoms with E-state index in [0.29, 0.717) is 16.7 Å². The van der Waals surface area contributed by atoms with Crippen molar-refractivity contribution in [2.24, 2.45) is 0 Å². The molecule has 0 aliphatic carbocycles. The zero-order valence-corrected chi connectivity index (χ0v) is 11.8. The van der Waals surface area contributed by atoms with Crippen LogP contribution in [-0.4, -0.2) is 9.97 Å². The first kappa shape index (κ1) is 13.4. The van der Waals surface area contributed by atoms with Gasteiger partial charge < -0.3 is 5.32 Å². The van der Waals surface area contributed by atoms with Crippen molar-refractivity contribution in [3.8, 4) is 11.3 Å². The number of aromatic amines is 1. The number of hydrogen-bond donors (Lipinski definition) is 2. The quantitative estimate of drug-likeness (QED) is 0.772. The molecule has 0 bridgehead atoms. The summed E-state index contributed by atoms with van der Waals surface area (Å²) in [6.45, 7) is 0. The number of benzene rings is 2. The monoisotopic (exact) mass is 297 g/mol. The van der Waals surface area contributed by atoms with Crippen LogP contribution in [0.2, 0.25) is 5.02 Å². The molecule has 21 heavy (non-hydrogen) atoms. The van der Waals surface area contributed by atoms with Crippen LogP contribution in [-0.2, 0) is 0 Å². The van der Waals surface area contributed by atoms with Gasteiger partial charge in [0, 0.05) is 22.3 Å². The molecule has 3 rings (SSSR count). The maximum atomic E-state index is 11.8. The van der Waals surface area contributed by atoms with Crippen molar-refractivity contribution in [1.29, 1.82) is 0 Å². The Kier molecular flexibility index (Phi) is 3.71. The van der Waals surface area contributed by atoms with Gasteiger partial charge in [-0.25, -0.2) is 4.98 Å². The van der Waals surface area contributed by atoms with Gasteiger partial charge in [-0.1, -0.05) is 41.9 Å². The van der Waals surface area contributed by atoms with Gasteiger partial charge in [0.25, 0.3) is 5.56 Å². The fourth-order valence-corrected chi connectivity index (χ4v) is 2.16. The van der Waals surface area contributed by atoms with Gasteiger partial charge in [-0.15, -0.1) is 0 Å². The van der Waals surface area contributed by atoms with E-state index in [-0.39, 0.29) is 5.56 Å². The first-order chi connectivity index (χ1) is 10.2. The molecule has 0 fully saturated rings. The average molecular weight is 298 g/mol. The average Bonchev–Trinajstić information content (AvgIpc) is 2.48. The lowest BCUT2D eigenvalue weighted by molar-refractivity contribution is 1.13. The van der Waals surface area contributed by atoms with Gasteiger partial charge in [0.1, 0.15) is 0 Å². The summed E-state index contributed by atoms with van der Waals surface area (Å²) in [7, 11) is 0. The van der Waals surface area contributed by atoms with Crippen LogP contribution in [0.1, 0.15) is 0 Å². The molecule has 1 heterocycles. The summed E-state index contributed by atoms with van der Waals surface area (Å²) in [6.07, 6.45) is 0. The molecule has 0 aliphatic rings. The highest BCUT2D eigenvalue weighted by atomic mass is 35.5. The van der Waals surface area contributed by atoms with Crippen LogP contribution in [0.5, 0.6) is 0 Å². The molecule has 0 atom stereocenters.